The van der Waals surface area contributed by atoms with Crippen LogP contribution in [0.3, 0.4) is 0 Å². The minimum atomic E-state index is -0.466. The summed E-state index contributed by atoms with van der Waals surface area (Å²) in [5.74, 6) is 0.285. The number of benzene rings is 1. The Labute approximate surface area is 191 Å². The SMILES string of the molecule is CC(C)Cc1ccc2nccc(C(=O)NCC(=O)N3C(I)C(C)C(C)C3C#N)c2c1. The van der Waals surface area contributed by atoms with Crippen LogP contribution in [-0.2, 0) is 11.2 Å². The first-order valence-corrected chi connectivity index (χ1v) is 11.5. The van der Waals surface area contributed by atoms with Crippen LogP contribution < -0.4 is 5.32 Å². The minimum absolute atomic E-state index is 0.0630. The average Bonchev–Trinajstić information content (AvgIpc) is 2.94. The third-order valence-electron chi connectivity index (χ3n) is 5.84. The number of carbonyl (C=O) groups is 2. The lowest BCUT2D eigenvalue weighted by Crippen LogP contribution is -2.45. The summed E-state index contributed by atoms with van der Waals surface area (Å²) in [6.45, 7) is 8.22. The van der Waals surface area contributed by atoms with Crippen LogP contribution in [0.5, 0.6) is 0 Å². The number of likely N-dealkylation sites (tertiary alicyclic amines) is 1. The number of hydrogen-bond acceptors (Lipinski definition) is 4. The summed E-state index contributed by atoms with van der Waals surface area (Å²) in [5.41, 5.74) is 2.41. The molecule has 1 N–H and O–H groups in total. The molecule has 1 aromatic heterocycles. The predicted molar refractivity (Wildman–Crippen MR) is 125 cm³/mol. The number of halogens is 1. The first-order chi connectivity index (χ1) is 14.2. The highest BCUT2D eigenvalue weighted by Crippen LogP contribution is 2.38. The van der Waals surface area contributed by atoms with Crippen LogP contribution in [0.15, 0.2) is 30.5 Å². The first kappa shape index (κ1) is 22.5. The molecule has 0 aliphatic carbocycles. The van der Waals surface area contributed by atoms with Gasteiger partial charge in [0.15, 0.2) is 0 Å². The van der Waals surface area contributed by atoms with E-state index < -0.39 is 6.04 Å². The van der Waals surface area contributed by atoms with Gasteiger partial charge in [0.25, 0.3) is 5.91 Å². The molecule has 6 nitrogen and oxygen atoms in total. The fourth-order valence-corrected chi connectivity index (χ4v) is 5.31. The van der Waals surface area contributed by atoms with Gasteiger partial charge in [0.1, 0.15) is 6.04 Å². The van der Waals surface area contributed by atoms with Crippen LogP contribution in [0.4, 0.5) is 0 Å². The quantitative estimate of drug-likeness (QED) is 0.369. The third kappa shape index (κ3) is 4.43. The second-order valence-electron chi connectivity index (χ2n) is 8.46. The average molecular weight is 518 g/mol. The number of rotatable bonds is 5. The van der Waals surface area contributed by atoms with E-state index in [0.29, 0.717) is 11.5 Å². The van der Waals surface area contributed by atoms with Crippen molar-refractivity contribution >= 4 is 45.3 Å². The van der Waals surface area contributed by atoms with E-state index in [2.05, 4.69) is 59.7 Å². The van der Waals surface area contributed by atoms with Gasteiger partial charge in [0, 0.05) is 11.6 Å². The molecule has 4 atom stereocenters. The monoisotopic (exact) mass is 518 g/mol. The highest BCUT2D eigenvalue weighted by atomic mass is 127. The van der Waals surface area contributed by atoms with Gasteiger partial charge in [-0.25, -0.2) is 0 Å². The Kier molecular flexibility index (Phi) is 6.96. The molecule has 4 unspecified atom stereocenters. The summed E-state index contributed by atoms with van der Waals surface area (Å²) in [7, 11) is 0. The summed E-state index contributed by atoms with van der Waals surface area (Å²) in [6.07, 6.45) is 2.53. The van der Waals surface area contributed by atoms with Gasteiger partial charge in [-0.1, -0.05) is 56.4 Å². The van der Waals surface area contributed by atoms with E-state index in [1.54, 1.807) is 17.2 Å². The van der Waals surface area contributed by atoms with Crippen molar-refractivity contribution in [3.05, 3.63) is 41.6 Å². The number of nitrogens with one attached hydrogen (secondary N) is 1. The Bertz CT molecular complexity index is 1000. The Balaban J connectivity index is 1.77. The molecule has 1 aromatic carbocycles. The van der Waals surface area contributed by atoms with E-state index >= 15 is 0 Å². The molecule has 30 heavy (non-hydrogen) atoms. The van der Waals surface area contributed by atoms with Crippen molar-refractivity contribution < 1.29 is 9.59 Å². The smallest absolute Gasteiger partial charge is 0.252 e. The van der Waals surface area contributed by atoms with E-state index in [4.69, 9.17) is 0 Å². The number of nitrogens with zero attached hydrogens (tertiary/aromatic N) is 3. The van der Waals surface area contributed by atoms with E-state index in [-0.39, 0.29) is 34.2 Å². The second-order valence-corrected chi connectivity index (χ2v) is 9.73. The van der Waals surface area contributed by atoms with E-state index in [9.17, 15) is 14.9 Å². The molecular formula is C23H27IN4O2. The number of alkyl halides is 1. The lowest BCUT2D eigenvalue weighted by molar-refractivity contribution is -0.130. The predicted octanol–water partition coefficient (Wildman–Crippen LogP) is 3.93. The number of hydrogen-bond donors (Lipinski definition) is 1. The maximum atomic E-state index is 12.9. The second kappa shape index (κ2) is 9.29. The fraction of sp³-hybridized carbons (Fsp3) is 0.478. The zero-order valence-corrected chi connectivity index (χ0v) is 19.9. The van der Waals surface area contributed by atoms with Gasteiger partial charge in [0.2, 0.25) is 5.91 Å². The maximum Gasteiger partial charge on any atom is 0.252 e. The number of amides is 2. The van der Waals surface area contributed by atoms with E-state index in [1.165, 1.54) is 0 Å². The summed E-state index contributed by atoms with van der Waals surface area (Å²) < 4.78 is -0.0630. The summed E-state index contributed by atoms with van der Waals surface area (Å²) in [6, 6.07) is 9.45. The molecule has 0 spiro atoms. The van der Waals surface area contributed by atoms with Crippen LogP contribution in [0, 0.1) is 29.1 Å². The fourth-order valence-electron chi connectivity index (χ4n) is 4.00. The van der Waals surface area contributed by atoms with Crippen LogP contribution in [0.25, 0.3) is 10.9 Å². The summed E-state index contributed by atoms with van der Waals surface area (Å²) in [5, 5.41) is 13.0. The Morgan fingerprint density at radius 2 is 2.00 bits per heavy atom. The number of pyridine rings is 1. The van der Waals surface area contributed by atoms with Gasteiger partial charge < -0.3 is 10.2 Å². The van der Waals surface area contributed by atoms with Crippen LogP contribution >= 0.6 is 22.6 Å². The molecule has 2 amide bonds. The van der Waals surface area contributed by atoms with Crippen LogP contribution in [-0.4, -0.2) is 38.3 Å². The van der Waals surface area contributed by atoms with Gasteiger partial charge in [-0.15, -0.1) is 0 Å². The van der Waals surface area contributed by atoms with Gasteiger partial charge in [-0.3, -0.25) is 14.6 Å². The Hall–Kier alpha value is -2.21. The molecule has 1 saturated heterocycles. The zero-order valence-electron chi connectivity index (χ0n) is 17.7. The number of carbonyl (C=O) groups excluding carboxylic acids is 2. The molecule has 1 aliphatic heterocycles. The molecule has 1 fully saturated rings. The van der Waals surface area contributed by atoms with E-state index in [0.717, 1.165) is 22.9 Å². The highest BCUT2D eigenvalue weighted by molar-refractivity contribution is 14.1. The lowest BCUT2D eigenvalue weighted by atomic mass is 9.95. The molecule has 0 bridgehead atoms. The van der Waals surface area contributed by atoms with Crippen molar-refractivity contribution in [3.8, 4) is 6.07 Å². The largest absolute Gasteiger partial charge is 0.343 e. The van der Waals surface area contributed by atoms with Gasteiger partial charge >= 0.3 is 0 Å². The molecule has 0 radical (unpaired) electrons. The number of fused-ring (bicyclic) bond motifs is 1. The maximum absolute atomic E-state index is 12.9. The molecular weight excluding hydrogens is 491 g/mol. The summed E-state index contributed by atoms with van der Waals surface area (Å²) in [4.78, 5) is 31.7. The molecule has 0 saturated carbocycles. The molecule has 2 aromatic rings. The lowest BCUT2D eigenvalue weighted by Gasteiger charge is -2.25. The minimum Gasteiger partial charge on any atom is -0.343 e. The van der Waals surface area contributed by atoms with Crippen molar-refractivity contribution in [3.63, 3.8) is 0 Å². The third-order valence-corrected chi connectivity index (χ3v) is 7.58. The number of nitriles is 1. The molecule has 1 aliphatic rings. The zero-order chi connectivity index (χ0) is 22.0. The molecule has 2 heterocycles. The highest BCUT2D eigenvalue weighted by Gasteiger charge is 2.45. The number of aromatic nitrogens is 1. The van der Waals surface area contributed by atoms with Gasteiger partial charge in [-0.2, -0.15) is 5.26 Å². The van der Waals surface area contributed by atoms with Gasteiger partial charge in [-0.05, 0) is 47.9 Å². The first-order valence-electron chi connectivity index (χ1n) is 10.2. The van der Waals surface area contributed by atoms with Crippen molar-refractivity contribution in [1.29, 1.82) is 5.26 Å². The van der Waals surface area contributed by atoms with Crippen molar-refractivity contribution in [2.45, 2.75) is 44.2 Å². The van der Waals surface area contributed by atoms with Crippen LogP contribution in [0.2, 0.25) is 0 Å². The van der Waals surface area contributed by atoms with Gasteiger partial charge in [0.05, 0.1) is 27.7 Å². The van der Waals surface area contributed by atoms with Crippen molar-refractivity contribution in [2.24, 2.45) is 17.8 Å². The molecule has 158 valence electrons. The normalized spacial score (nSPS) is 23.6. The van der Waals surface area contributed by atoms with Crippen molar-refractivity contribution in [1.82, 2.24) is 15.2 Å². The van der Waals surface area contributed by atoms with E-state index in [1.807, 2.05) is 25.1 Å². The van der Waals surface area contributed by atoms with Crippen molar-refractivity contribution in [2.75, 3.05) is 6.54 Å². The Morgan fingerprint density at radius 1 is 1.27 bits per heavy atom. The Morgan fingerprint density at radius 3 is 2.67 bits per heavy atom. The summed E-state index contributed by atoms with van der Waals surface area (Å²) >= 11 is 2.22. The topological polar surface area (TPSA) is 86.1 Å². The van der Waals surface area contributed by atoms with Crippen LogP contribution in [0.1, 0.15) is 43.6 Å². The standard InChI is InChI=1S/C23H27IN4O2/c1-13(2)9-16-5-6-19-18(10-16)17(7-8-26-19)23(30)27-12-21(29)28-20(11-25)14(3)15(4)22(28)24/h5-8,10,13-15,20,22H,9,12H2,1-4H3,(H,27,30). The molecule has 3 rings (SSSR count). The molecule has 7 heteroatoms.